The molecule has 0 radical (unpaired) electrons. The highest BCUT2D eigenvalue weighted by molar-refractivity contribution is 7.98. The standard InChI is InChI=1S/C24H27NO4S/c1-30-19-8-5-17(6-9-19)21(26)10-12-24(27)25-13-2-4-20(25)18-7-11-22-23(16-18)29-15-3-14-28-22/h5-9,11,16,20H,2-4,10,12-15H2,1H3/t20-/m1/s1. The fourth-order valence-electron chi connectivity index (χ4n) is 4.08. The fraction of sp³-hybridized carbons (Fsp3) is 0.417. The van der Waals surface area contributed by atoms with Crippen molar-refractivity contribution >= 4 is 23.5 Å². The van der Waals surface area contributed by atoms with Gasteiger partial charge in [0, 0.05) is 36.3 Å². The lowest BCUT2D eigenvalue weighted by Gasteiger charge is -2.25. The highest BCUT2D eigenvalue weighted by Gasteiger charge is 2.30. The average Bonchev–Trinajstić information content (AvgIpc) is 3.16. The quantitative estimate of drug-likeness (QED) is 0.487. The first-order valence-electron chi connectivity index (χ1n) is 10.5. The van der Waals surface area contributed by atoms with E-state index in [4.69, 9.17) is 9.47 Å². The van der Waals surface area contributed by atoms with Crippen molar-refractivity contribution in [3.05, 3.63) is 53.6 Å². The first-order chi connectivity index (χ1) is 14.7. The molecule has 4 rings (SSSR count). The van der Waals surface area contributed by atoms with Crippen LogP contribution in [0.15, 0.2) is 47.4 Å². The Bertz CT molecular complexity index is 912. The number of ether oxygens (including phenoxy) is 2. The van der Waals surface area contributed by atoms with Gasteiger partial charge in [0.2, 0.25) is 5.91 Å². The van der Waals surface area contributed by atoms with Crippen LogP contribution in [0.1, 0.15) is 54.1 Å². The topological polar surface area (TPSA) is 55.8 Å². The first-order valence-corrected chi connectivity index (χ1v) is 11.7. The van der Waals surface area contributed by atoms with E-state index in [1.807, 2.05) is 53.6 Å². The van der Waals surface area contributed by atoms with Crippen molar-refractivity contribution in [3.8, 4) is 11.5 Å². The van der Waals surface area contributed by atoms with Gasteiger partial charge >= 0.3 is 0 Å². The van der Waals surface area contributed by atoms with Crippen LogP contribution in [0.4, 0.5) is 0 Å². The smallest absolute Gasteiger partial charge is 0.223 e. The summed E-state index contributed by atoms with van der Waals surface area (Å²) in [5.41, 5.74) is 1.74. The van der Waals surface area contributed by atoms with Crippen LogP contribution in [0, 0.1) is 0 Å². The van der Waals surface area contributed by atoms with Crippen LogP contribution < -0.4 is 9.47 Å². The van der Waals surface area contributed by atoms with E-state index >= 15 is 0 Å². The molecule has 2 aliphatic heterocycles. The highest BCUT2D eigenvalue weighted by atomic mass is 32.2. The Hall–Kier alpha value is -2.47. The molecule has 1 saturated heterocycles. The van der Waals surface area contributed by atoms with Gasteiger partial charge in [0.1, 0.15) is 0 Å². The van der Waals surface area contributed by atoms with Crippen molar-refractivity contribution in [1.82, 2.24) is 4.90 Å². The lowest BCUT2D eigenvalue weighted by Crippen LogP contribution is -2.30. The second-order valence-corrected chi connectivity index (χ2v) is 8.53. The fourth-order valence-corrected chi connectivity index (χ4v) is 4.49. The number of fused-ring (bicyclic) bond motifs is 1. The molecule has 0 spiro atoms. The molecule has 0 N–H and O–H groups in total. The summed E-state index contributed by atoms with van der Waals surface area (Å²) in [6, 6.07) is 13.6. The highest BCUT2D eigenvalue weighted by Crippen LogP contribution is 2.38. The van der Waals surface area contributed by atoms with E-state index in [0.29, 0.717) is 18.8 Å². The SMILES string of the molecule is CSc1ccc(C(=O)CCC(=O)N2CCC[C@@H]2c2ccc3c(c2)OCCCO3)cc1. The lowest BCUT2D eigenvalue weighted by atomic mass is 10.0. The van der Waals surface area contributed by atoms with Gasteiger partial charge in [-0.25, -0.2) is 0 Å². The minimum atomic E-state index is 0.0160. The van der Waals surface area contributed by atoms with E-state index in [-0.39, 0.29) is 30.6 Å². The number of carbonyl (C=O) groups excluding carboxylic acids is 2. The van der Waals surface area contributed by atoms with E-state index < -0.39 is 0 Å². The maximum atomic E-state index is 12.9. The van der Waals surface area contributed by atoms with Gasteiger partial charge in [0.15, 0.2) is 17.3 Å². The van der Waals surface area contributed by atoms with Gasteiger partial charge < -0.3 is 14.4 Å². The van der Waals surface area contributed by atoms with Gasteiger partial charge in [0.25, 0.3) is 0 Å². The molecule has 1 fully saturated rings. The molecule has 30 heavy (non-hydrogen) atoms. The largest absolute Gasteiger partial charge is 0.490 e. The van der Waals surface area contributed by atoms with Crippen LogP contribution in [0.25, 0.3) is 0 Å². The van der Waals surface area contributed by atoms with E-state index in [2.05, 4.69) is 0 Å². The number of rotatable bonds is 6. The zero-order chi connectivity index (χ0) is 20.9. The van der Waals surface area contributed by atoms with E-state index in [9.17, 15) is 9.59 Å². The number of hydrogen-bond acceptors (Lipinski definition) is 5. The van der Waals surface area contributed by atoms with Gasteiger partial charge in [-0.2, -0.15) is 0 Å². The molecule has 1 amide bonds. The molecular formula is C24H27NO4S. The van der Waals surface area contributed by atoms with Crippen LogP contribution in [0.3, 0.4) is 0 Å². The Morgan fingerprint density at radius 2 is 1.77 bits per heavy atom. The first kappa shape index (κ1) is 20.8. The van der Waals surface area contributed by atoms with Crippen LogP contribution in [-0.4, -0.2) is 42.6 Å². The summed E-state index contributed by atoms with van der Waals surface area (Å²) in [5, 5.41) is 0. The number of benzene rings is 2. The van der Waals surface area contributed by atoms with Gasteiger partial charge in [-0.05, 0) is 48.9 Å². The maximum Gasteiger partial charge on any atom is 0.223 e. The van der Waals surface area contributed by atoms with Gasteiger partial charge in [0.05, 0.1) is 19.3 Å². The number of ketones is 1. The summed E-state index contributed by atoms with van der Waals surface area (Å²) in [5.74, 6) is 1.58. The molecule has 1 atom stereocenters. The van der Waals surface area contributed by atoms with E-state index in [0.717, 1.165) is 47.8 Å². The molecule has 6 heteroatoms. The average molecular weight is 426 g/mol. The molecule has 2 aliphatic rings. The predicted molar refractivity (Wildman–Crippen MR) is 118 cm³/mol. The monoisotopic (exact) mass is 425 g/mol. The Labute approximate surface area is 181 Å². The summed E-state index contributed by atoms with van der Waals surface area (Å²) in [7, 11) is 0. The maximum absolute atomic E-state index is 12.9. The third kappa shape index (κ3) is 4.64. The van der Waals surface area contributed by atoms with Gasteiger partial charge in [-0.1, -0.05) is 18.2 Å². The van der Waals surface area contributed by atoms with Gasteiger partial charge in [-0.3, -0.25) is 9.59 Å². The molecule has 2 aromatic rings. The van der Waals surface area contributed by atoms with Crippen molar-refractivity contribution in [2.75, 3.05) is 26.0 Å². The molecule has 0 aromatic heterocycles. The molecule has 2 aromatic carbocycles. The molecule has 2 heterocycles. The zero-order valence-corrected chi connectivity index (χ0v) is 18.1. The zero-order valence-electron chi connectivity index (χ0n) is 17.3. The van der Waals surface area contributed by atoms with Crippen LogP contribution >= 0.6 is 11.8 Å². The van der Waals surface area contributed by atoms with Crippen molar-refractivity contribution in [1.29, 1.82) is 0 Å². The Kier molecular flexibility index (Phi) is 6.62. The number of amides is 1. The molecular weight excluding hydrogens is 398 g/mol. The lowest BCUT2D eigenvalue weighted by molar-refractivity contribution is -0.132. The number of Topliss-reactive ketones (excluding diaryl/α,β-unsaturated/α-hetero) is 1. The van der Waals surface area contributed by atoms with Crippen LogP contribution in [0.2, 0.25) is 0 Å². The van der Waals surface area contributed by atoms with Crippen LogP contribution in [-0.2, 0) is 4.79 Å². The summed E-state index contributed by atoms with van der Waals surface area (Å²) < 4.78 is 11.5. The minimum Gasteiger partial charge on any atom is -0.490 e. The number of hydrogen-bond donors (Lipinski definition) is 0. The third-order valence-electron chi connectivity index (χ3n) is 5.71. The summed E-state index contributed by atoms with van der Waals surface area (Å²) in [6.45, 7) is 2.03. The molecule has 158 valence electrons. The minimum absolute atomic E-state index is 0.0160. The van der Waals surface area contributed by atoms with E-state index in [1.165, 1.54) is 0 Å². The summed E-state index contributed by atoms with van der Waals surface area (Å²) in [4.78, 5) is 28.5. The summed E-state index contributed by atoms with van der Waals surface area (Å²) >= 11 is 1.64. The second-order valence-electron chi connectivity index (χ2n) is 7.65. The number of carbonyl (C=O) groups is 2. The van der Waals surface area contributed by atoms with Gasteiger partial charge in [-0.15, -0.1) is 11.8 Å². The molecule has 0 aliphatic carbocycles. The third-order valence-corrected chi connectivity index (χ3v) is 6.45. The number of nitrogens with zero attached hydrogens (tertiary/aromatic N) is 1. The van der Waals surface area contributed by atoms with Crippen molar-refractivity contribution in [3.63, 3.8) is 0 Å². The molecule has 0 bridgehead atoms. The van der Waals surface area contributed by atoms with Crippen LogP contribution in [0.5, 0.6) is 11.5 Å². The van der Waals surface area contributed by atoms with Crippen molar-refractivity contribution in [2.45, 2.75) is 43.0 Å². The summed E-state index contributed by atoms with van der Waals surface area (Å²) in [6.07, 6.45) is 5.24. The molecule has 0 unspecified atom stereocenters. The van der Waals surface area contributed by atoms with Crippen molar-refractivity contribution in [2.24, 2.45) is 0 Å². The number of thioether (sulfide) groups is 1. The number of likely N-dealkylation sites (tertiary alicyclic amines) is 1. The Balaban J connectivity index is 1.40. The Morgan fingerprint density at radius 3 is 2.53 bits per heavy atom. The normalized spacial score (nSPS) is 18.2. The predicted octanol–water partition coefficient (Wildman–Crippen LogP) is 4.90. The Morgan fingerprint density at radius 1 is 1.00 bits per heavy atom. The molecule has 0 saturated carbocycles. The van der Waals surface area contributed by atoms with Crippen molar-refractivity contribution < 1.29 is 19.1 Å². The molecule has 5 nitrogen and oxygen atoms in total. The van der Waals surface area contributed by atoms with E-state index in [1.54, 1.807) is 11.8 Å². The second kappa shape index (κ2) is 9.56.